The van der Waals surface area contributed by atoms with E-state index in [9.17, 15) is 0 Å². The van der Waals surface area contributed by atoms with Gasteiger partial charge in [-0.2, -0.15) is 11.8 Å². The van der Waals surface area contributed by atoms with Gasteiger partial charge in [0, 0.05) is 11.3 Å². The van der Waals surface area contributed by atoms with Crippen molar-refractivity contribution in [1.29, 1.82) is 0 Å². The molecule has 1 aromatic carbocycles. The zero-order chi connectivity index (χ0) is 13.0. The third-order valence-corrected chi connectivity index (χ3v) is 5.30. The Morgan fingerprint density at radius 3 is 2.50 bits per heavy atom. The molecule has 0 bridgehead atoms. The van der Waals surface area contributed by atoms with E-state index in [4.69, 9.17) is 0 Å². The Balaban J connectivity index is 2.04. The second kappa shape index (κ2) is 6.63. The largest absolute Gasteiger partial charge is 0.316 e. The maximum absolute atomic E-state index is 3.51. The van der Waals surface area contributed by atoms with Gasteiger partial charge < -0.3 is 5.32 Å². The van der Waals surface area contributed by atoms with E-state index in [0.29, 0.717) is 6.04 Å². The zero-order valence-electron chi connectivity index (χ0n) is 11.7. The highest BCUT2D eigenvalue weighted by Gasteiger charge is 2.31. The van der Waals surface area contributed by atoms with Gasteiger partial charge in [-0.1, -0.05) is 44.2 Å². The number of nitrogens with one attached hydrogen (secondary N) is 1. The van der Waals surface area contributed by atoms with Gasteiger partial charge in [0.15, 0.2) is 0 Å². The van der Waals surface area contributed by atoms with E-state index < -0.39 is 0 Å². The summed E-state index contributed by atoms with van der Waals surface area (Å²) in [6.07, 6.45) is 3.95. The minimum absolute atomic E-state index is 0.692. The van der Waals surface area contributed by atoms with Gasteiger partial charge in [-0.15, -0.1) is 0 Å². The minimum atomic E-state index is 0.692. The van der Waals surface area contributed by atoms with E-state index in [1.165, 1.54) is 24.8 Å². The lowest BCUT2D eigenvalue weighted by Gasteiger charge is -2.36. The first kappa shape index (κ1) is 14.0. The van der Waals surface area contributed by atoms with Crippen LogP contribution in [-0.4, -0.2) is 23.6 Å². The Kier molecular flexibility index (Phi) is 5.13. The van der Waals surface area contributed by atoms with Gasteiger partial charge in [0.2, 0.25) is 0 Å². The topological polar surface area (TPSA) is 12.0 Å². The van der Waals surface area contributed by atoms with Crippen molar-refractivity contribution in [1.82, 2.24) is 5.32 Å². The molecule has 0 spiro atoms. The Morgan fingerprint density at radius 2 is 1.89 bits per heavy atom. The quantitative estimate of drug-likeness (QED) is 0.879. The van der Waals surface area contributed by atoms with E-state index in [0.717, 1.165) is 16.4 Å². The molecule has 3 atom stereocenters. The van der Waals surface area contributed by atoms with Crippen molar-refractivity contribution in [2.24, 2.45) is 0 Å². The van der Waals surface area contributed by atoms with Gasteiger partial charge in [0.25, 0.3) is 0 Å². The van der Waals surface area contributed by atoms with Crippen LogP contribution in [0.3, 0.4) is 0 Å². The van der Waals surface area contributed by atoms with Crippen LogP contribution in [0.1, 0.15) is 44.6 Å². The van der Waals surface area contributed by atoms with Crippen LogP contribution in [0.2, 0.25) is 0 Å². The Hall–Kier alpha value is -0.470. The fourth-order valence-electron chi connectivity index (χ4n) is 2.99. The molecule has 0 amide bonds. The van der Waals surface area contributed by atoms with Crippen molar-refractivity contribution in [2.45, 2.75) is 55.6 Å². The van der Waals surface area contributed by atoms with Crippen molar-refractivity contribution >= 4 is 11.8 Å². The summed E-state index contributed by atoms with van der Waals surface area (Å²) in [4.78, 5) is 0. The molecule has 0 saturated heterocycles. The summed E-state index contributed by atoms with van der Waals surface area (Å²) in [7, 11) is 2.11. The molecule has 1 N–H and O–H groups in total. The molecule has 1 aliphatic rings. The van der Waals surface area contributed by atoms with Crippen molar-refractivity contribution in [2.75, 3.05) is 7.05 Å². The number of rotatable bonds is 4. The molecule has 0 aromatic heterocycles. The van der Waals surface area contributed by atoms with Gasteiger partial charge in [-0.25, -0.2) is 0 Å². The Labute approximate surface area is 116 Å². The van der Waals surface area contributed by atoms with Crippen LogP contribution in [0, 0.1) is 0 Å². The molecule has 100 valence electrons. The summed E-state index contributed by atoms with van der Waals surface area (Å²) in [5.74, 6) is 0.757. The van der Waals surface area contributed by atoms with Gasteiger partial charge in [-0.3, -0.25) is 0 Å². The minimum Gasteiger partial charge on any atom is -0.316 e. The SMILES string of the molecule is CNC1CCC(c2ccccc2)CC1SC(C)C. The molecule has 1 aliphatic carbocycles. The molecular formula is C16H25NS. The van der Waals surface area contributed by atoms with Crippen molar-refractivity contribution < 1.29 is 0 Å². The van der Waals surface area contributed by atoms with Crippen LogP contribution < -0.4 is 5.32 Å². The molecule has 2 heteroatoms. The normalized spacial score (nSPS) is 28.6. The number of hydrogen-bond donors (Lipinski definition) is 1. The predicted octanol–water partition coefficient (Wildman–Crippen LogP) is 4.05. The maximum atomic E-state index is 3.51. The highest BCUT2D eigenvalue weighted by molar-refractivity contribution is 8.00. The van der Waals surface area contributed by atoms with E-state index >= 15 is 0 Å². The molecule has 1 aromatic rings. The standard InChI is InChI=1S/C16H25NS/c1-12(2)18-16-11-14(9-10-15(16)17-3)13-7-5-4-6-8-13/h4-8,12,14-17H,9-11H2,1-3H3. The predicted molar refractivity (Wildman–Crippen MR) is 82.4 cm³/mol. The van der Waals surface area contributed by atoms with Crippen LogP contribution in [-0.2, 0) is 0 Å². The lowest BCUT2D eigenvalue weighted by Crippen LogP contribution is -2.40. The summed E-state index contributed by atoms with van der Waals surface area (Å²) >= 11 is 2.14. The van der Waals surface area contributed by atoms with Crippen LogP contribution in [0.15, 0.2) is 30.3 Å². The van der Waals surface area contributed by atoms with Crippen LogP contribution >= 0.6 is 11.8 Å². The molecule has 0 heterocycles. The molecule has 2 rings (SSSR count). The molecule has 3 unspecified atom stereocenters. The first-order valence-electron chi connectivity index (χ1n) is 7.08. The Bertz CT molecular complexity index is 349. The van der Waals surface area contributed by atoms with E-state index in [2.05, 4.69) is 68.3 Å². The Morgan fingerprint density at radius 1 is 1.17 bits per heavy atom. The monoisotopic (exact) mass is 263 g/mol. The summed E-state index contributed by atoms with van der Waals surface area (Å²) in [6, 6.07) is 11.7. The zero-order valence-corrected chi connectivity index (χ0v) is 12.5. The van der Waals surface area contributed by atoms with Crippen LogP contribution in [0.4, 0.5) is 0 Å². The third-order valence-electron chi connectivity index (χ3n) is 3.88. The molecule has 1 nitrogen and oxygen atoms in total. The van der Waals surface area contributed by atoms with Gasteiger partial charge in [-0.05, 0) is 43.0 Å². The maximum Gasteiger partial charge on any atom is 0.0209 e. The number of benzene rings is 1. The molecule has 18 heavy (non-hydrogen) atoms. The smallest absolute Gasteiger partial charge is 0.0209 e. The van der Waals surface area contributed by atoms with Crippen molar-refractivity contribution in [3.8, 4) is 0 Å². The number of thioether (sulfide) groups is 1. The summed E-state index contributed by atoms with van der Waals surface area (Å²) in [5, 5.41) is 4.99. The first-order valence-corrected chi connectivity index (χ1v) is 8.02. The van der Waals surface area contributed by atoms with Crippen molar-refractivity contribution in [3.63, 3.8) is 0 Å². The van der Waals surface area contributed by atoms with E-state index in [1.54, 1.807) is 0 Å². The fourth-order valence-corrected chi connectivity index (χ4v) is 4.49. The summed E-state index contributed by atoms with van der Waals surface area (Å²) in [5.41, 5.74) is 1.53. The number of hydrogen-bond acceptors (Lipinski definition) is 2. The third kappa shape index (κ3) is 3.52. The van der Waals surface area contributed by atoms with Gasteiger partial charge in [0.1, 0.15) is 0 Å². The second-order valence-electron chi connectivity index (χ2n) is 5.54. The first-order chi connectivity index (χ1) is 8.70. The molecule has 0 radical (unpaired) electrons. The van der Waals surface area contributed by atoms with Gasteiger partial charge >= 0.3 is 0 Å². The highest BCUT2D eigenvalue weighted by atomic mass is 32.2. The molecule has 1 saturated carbocycles. The fraction of sp³-hybridized carbons (Fsp3) is 0.625. The summed E-state index contributed by atoms with van der Waals surface area (Å²) in [6.45, 7) is 4.62. The molecule has 0 aliphatic heterocycles. The van der Waals surface area contributed by atoms with Crippen LogP contribution in [0.5, 0.6) is 0 Å². The molecular weight excluding hydrogens is 238 g/mol. The molecule has 1 fully saturated rings. The highest BCUT2D eigenvalue weighted by Crippen LogP contribution is 2.39. The second-order valence-corrected chi connectivity index (χ2v) is 7.36. The average molecular weight is 263 g/mol. The van der Waals surface area contributed by atoms with E-state index in [1.807, 2.05) is 0 Å². The summed E-state index contributed by atoms with van der Waals surface area (Å²) < 4.78 is 0. The van der Waals surface area contributed by atoms with Crippen LogP contribution in [0.25, 0.3) is 0 Å². The van der Waals surface area contributed by atoms with E-state index in [-0.39, 0.29) is 0 Å². The van der Waals surface area contributed by atoms with Crippen molar-refractivity contribution in [3.05, 3.63) is 35.9 Å². The average Bonchev–Trinajstić information content (AvgIpc) is 2.39. The lowest BCUT2D eigenvalue weighted by molar-refractivity contribution is 0.368. The lowest BCUT2D eigenvalue weighted by atomic mass is 9.81. The van der Waals surface area contributed by atoms with Gasteiger partial charge in [0.05, 0.1) is 0 Å².